The van der Waals surface area contributed by atoms with Gasteiger partial charge in [0.1, 0.15) is 12.3 Å². The third-order valence-corrected chi connectivity index (χ3v) is 4.94. The highest BCUT2D eigenvalue weighted by Gasteiger charge is 2.44. The Kier molecular flexibility index (Phi) is 5.99. The lowest BCUT2D eigenvalue weighted by atomic mass is 10.0. The van der Waals surface area contributed by atoms with E-state index in [4.69, 9.17) is 14.6 Å². The van der Waals surface area contributed by atoms with Gasteiger partial charge in [0.05, 0.1) is 18.2 Å². The number of nitrogens with zero attached hydrogens (tertiary/aromatic N) is 1. The Morgan fingerprint density at radius 2 is 1.79 bits per heavy atom. The highest BCUT2D eigenvalue weighted by atomic mass is 16.6. The largest absolute Gasteiger partial charge is 0.478 e. The number of hydrogen-bond donors (Lipinski definition) is 1. The van der Waals surface area contributed by atoms with Crippen molar-refractivity contribution in [3.63, 3.8) is 0 Å². The zero-order valence-corrected chi connectivity index (χ0v) is 16.1. The summed E-state index contributed by atoms with van der Waals surface area (Å²) in [7, 11) is 0. The second kappa shape index (κ2) is 8.44. The van der Waals surface area contributed by atoms with Crippen LogP contribution in [0, 0.1) is 0 Å². The zero-order chi connectivity index (χ0) is 20.1. The topological polar surface area (TPSA) is 76.1 Å². The second-order valence-electron chi connectivity index (χ2n) is 7.36. The number of hydrogen-bond acceptors (Lipinski definition) is 4. The monoisotopic (exact) mass is 383 g/mol. The molecule has 1 saturated heterocycles. The van der Waals surface area contributed by atoms with E-state index in [2.05, 4.69) is 0 Å². The first kappa shape index (κ1) is 19.9. The molecule has 1 amide bonds. The molecule has 1 N–H and O–H groups in total. The quantitative estimate of drug-likeness (QED) is 0.813. The first-order valence-electron chi connectivity index (χ1n) is 9.33. The minimum absolute atomic E-state index is 0.0996. The molecular formula is C22H25NO5. The van der Waals surface area contributed by atoms with Crippen molar-refractivity contribution in [1.82, 2.24) is 4.90 Å². The Balaban J connectivity index is 1.61. The number of rotatable bonds is 6. The Morgan fingerprint density at radius 1 is 1.11 bits per heavy atom. The number of carbonyl (C=O) groups is 2. The summed E-state index contributed by atoms with van der Waals surface area (Å²) >= 11 is 0. The molecule has 3 rings (SSSR count). The average molecular weight is 383 g/mol. The molecule has 2 aromatic rings. The van der Waals surface area contributed by atoms with Gasteiger partial charge in [-0.05, 0) is 49.9 Å². The predicted octanol–water partition coefficient (Wildman–Crippen LogP) is 4.09. The van der Waals surface area contributed by atoms with E-state index in [9.17, 15) is 9.59 Å². The van der Waals surface area contributed by atoms with Crippen LogP contribution in [-0.4, -0.2) is 40.4 Å². The van der Waals surface area contributed by atoms with E-state index in [1.807, 2.05) is 56.3 Å². The molecule has 0 unspecified atom stereocenters. The fourth-order valence-electron chi connectivity index (χ4n) is 3.40. The van der Waals surface area contributed by atoms with Gasteiger partial charge in [0.25, 0.3) is 0 Å². The third-order valence-electron chi connectivity index (χ3n) is 4.94. The van der Waals surface area contributed by atoms with Crippen molar-refractivity contribution >= 4 is 12.1 Å². The number of carbonyl (C=O) groups excluding carboxylic acids is 1. The highest BCUT2D eigenvalue weighted by Crippen LogP contribution is 2.30. The maximum atomic E-state index is 12.7. The molecule has 6 nitrogen and oxygen atoms in total. The number of amides is 1. The Labute approximate surface area is 164 Å². The van der Waals surface area contributed by atoms with Crippen molar-refractivity contribution < 1.29 is 24.2 Å². The fourth-order valence-corrected chi connectivity index (χ4v) is 3.40. The first-order valence-corrected chi connectivity index (χ1v) is 9.33. The predicted molar refractivity (Wildman–Crippen MR) is 104 cm³/mol. The molecule has 1 aliphatic heterocycles. The van der Waals surface area contributed by atoms with E-state index in [0.717, 1.165) is 11.1 Å². The summed E-state index contributed by atoms with van der Waals surface area (Å²) in [5.41, 5.74) is 1.49. The maximum Gasteiger partial charge on any atom is 0.412 e. The zero-order valence-electron chi connectivity index (χ0n) is 16.1. The second-order valence-corrected chi connectivity index (χ2v) is 7.36. The maximum absolute atomic E-state index is 12.7. The highest BCUT2D eigenvalue weighted by molar-refractivity contribution is 5.87. The van der Waals surface area contributed by atoms with E-state index >= 15 is 0 Å². The van der Waals surface area contributed by atoms with Crippen molar-refractivity contribution in [2.75, 3.05) is 6.61 Å². The Morgan fingerprint density at radius 3 is 2.43 bits per heavy atom. The fraction of sp³-hybridized carbons (Fsp3) is 0.364. The molecule has 1 atom stereocenters. The summed E-state index contributed by atoms with van der Waals surface area (Å²) in [5.74, 6) is -0.940. The number of aromatic carboxylic acids is 1. The molecular weight excluding hydrogens is 358 g/mol. The summed E-state index contributed by atoms with van der Waals surface area (Å²) in [4.78, 5) is 25.4. The standard InChI is InChI=1S/C22H25NO5/c1-22(2)23(21(26)27-14-17-6-4-3-5-7-17)19(15-28-22)13-10-16-8-11-18(12-9-16)20(24)25/h3-9,11-12,19H,10,13-15H2,1-2H3,(H,24,25)/t19-/m1/s1. The molecule has 1 aliphatic rings. The summed E-state index contributed by atoms with van der Waals surface area (Å²) in [6, 6.07) is 16.3. The Bertz CT molecular complexity index is 817. The summed E-state index contributed by atoms with van der Waals surface area (Å²) < 4.78 is 11.3. The van der Waals surface area contributed by atoms with Crippen LogP contribution in [0.25, 0.3) is 0 Å². The van der Waals surface area contributed by atoms with Crippen molar-refractivity contribution in [3.05, 3.63) is 71.3 Å². The van der Waals surface area contributed by atoms with Crippen LogP contribution in [0.2, 0.25) is 0 Å². The van der Waals surface area contributed by atoms with E-state index in [1.165, 1.54) is 0 Å². The number of carboxylic acids is 1. The van der Waals surface area contributed by atoms with Gasteiger partial charge in [0, 0.05) is 0 Å². The van der Waals surface area contributed by atoms with Crippen LogP contribution in [0.15, 0.2) is 54.6 Å². The van der Waals surface area contributed by atoms with E-state index in [0.29, 0.717) is 19.4 Å². The smallest absolute Gasteiger partial charge is 0.412 e. The first-order chi connectivity index (χ1) is 13.4. The lowest BCUT2D eigenvalue weighted by Crippen LogP contribution is -2.48. The van der Waals surface area contributed by atoms with Crippen LogP contribution in [0.5, 0.6) is 0 Å². The van der Waals surface area contributed by atoms with Crippen molar-refractivity contribution in [2.45, 2.75) is 45.1 Å². The summed E-state index contributed by atoms with van der Waals surface area (Å²) in [6.07, 6.45) is 1.03. The van der Waals surface area contributed by atoms with Crippen molar-refractivity contribution in [2.24, 2.45) is 0 Å². The van der Waals surface area contributed by atoms with Gasteiger partial charge in [-0.3, -0.25) is 4.90 Å². The lowest BCUT2D eigenvalue weighted by Gasteiger charge is -2.32. The third kappa shape index (κ3) is 4.70. The number of ether oxygens (including phenoxy) is 2. The molecule has 0 spiro atoms. The van der Waals surface area contributed by atoms with Gasteiger partial charge >= 0.3 is 12.1 Å². The van der Waals surface area contributed by atoms with Crippen LogP contribution in [0.1, 0.15) is 41.8 Å². The molecule has 0 bridgehead atoms. The SMILES string of the molecule is CC1(C)OC[C@@H](CCc2ccc(C(=O)O)cc2)N1C(=O)OCc1ccccc1. The molecule has 6 heteroatoms. The van der Waals surface area contributed by atoms with Gasteiger partial charge in [-0.1, -0.05) is 42.5 Å². The van der Waals surface area contributed by atoms with Crippen LogP contribution in [0.3, 0.4) is 0 Å². The van der Waals surface area contributed by atoms with Gasteiger partial charge in [-0.25, -0.2) is 9.59 Å². The van der Waals surface area contributed by atoms with Crippen LogP contribution in [-0.2, 0) is 22.5 Å². The average Bonchev–Trinajstić information content (AvgIpc) is 3.00. The lowest BCUT2D eigenvalue weighted by molar-refractivity contribution is -0.0494. The molecule has 1 heterocycles. The number of benzene rings is 2. The normalized spacial score (nSPS) is 18.1. The van der Waals surface area contributed by atoms with Crippen molar-refractivity contribution in [1.29, 1.82) is 0 Å². The number of carboxylic acid groups (broad SMARTS) is 1. The van der Waals surface area contributed by atoms with Crippen LogP contribution >= 0.6 is 0 Å². The van der Waals surface area contributed by atoms with Crippen LogP contribution in [0.4, 0.5) is 4.79 Å². The summed E-state index contributed by atoms with van der Waals surface area (Å²) in [5, 5.41) is 8.99. The van der Waals surface area contributed by atoms with E-state index in [1.54, 1.807) is 17.0 Å². The molecule has 1 fully saturated rings. The van der Waals surface area contributed by atoms with Gasteiger partial charge in [0.2, 0.25) is 0 Å². The van der Waals surface area contributed by atoms with E-state index < -0.39 is 17.8 Å². The minimum Gasteiger partial charge on any atom is -0.478 e. The number of aryl methyl sites for hydroxylation is 1. The molecule has 28 heavy (non-hydrogen) atoms. The van der Waals surface area contributed by atoms with Crippen LogP contribution < -0.4 is 0 Å². The molecule has 0 radical (unpaired) electrons. The minimum atomic E-state index is -0.940. The summed E-state index contributed by atoms with van der Waals surface area (Å²) in [6.45, 7) is 4.38. The molecule has 2 aromatic carbocycles. The van der Waals surface area contributed by atoms with Gasteiger partial charge < -0.3 is 14.6 Å². The molecule has 0 saturated carbocycles. The van der Waals surface area contributed by atoms with Gasteiger partial charge in [-0.2, -0.15) is 0 Å². The molecule has 148 valence electrons. The van der Waals surface area contributed by atoms with E-state index in [-0.39, 0.29) is 18.2 Å². The molecule has 0 aliphatic carbocycles. The van der Waals surface area contributed by atoms with Gasteiger partial charge in [0.15, 0.2) is 0 Å². The Hall–Kier alpha value is -2.86. The van der Waals surface area contributed by atoms with Gasteiger partial charge in [-0.15, -0.1) is 0 Å². The molecule has 0 aromatic heterocycles. The van der Waals surface area contributed by atoms with Crippen molar-refractivity contribution in [3.8, 4) is 0 Å².